The van der Waals surface area contributed by atoms with E-state index in [9.17, 15) is 9.59 Å². The molecule has 2 amide bonds. The Morgan fingerprint density at radius 1 is 1.03 bits per heavy atom. The van der Waals surface area contributed by atoms with Crippen LogP contribution in [-0.4, -0.2) is 30.1 Å². The smallest absolute Gasteiger partial charge is 0.252 e. The monoisotopic (exact) mass is 501 g/mol. The lowest BCUT2D eigenvalue weighted by Crippen LogP contribution is -2.44. The molecule has 0 unspecified atom stereocenters. The van der Waals surface area contributed by atoms with Crippen molar-refractivity contribution < 1.29 is 9.59 Å². The highest BCUT2D eigenvalue weighted by Crippen LogP contribution is 2.33. The molecule has 0 aromatic heterocycles. The number of aliphatic imine (C=N–C) groups is 1. The Labute approximate surface area is 218 Å². The van der Waals surface area contributed by atoms with Gasteiger partial charge >= 0.3 is 0 Å². The van der Waals surface area contributed by atoms with Crippen LogP contribution in [0.5, 0.6) is 0 Å². The molecule has 1 N–H and O–H groups in total. The van der Waals surface area contributed by atoms with Gasteiger partial charge < -0.3 is 10.2 Å². The zero-order chi connectivity index (χ0) is 25.8. The van der Waals surface area contributed by atoms with Crippen molar-refractivity contribution in [1.82, 2.24) is 0 Å². The predicted molar refractivity (Wildman–Crippen MR) is 148 cm³/mol. The summed E-state index contributed by atoms with van der Waals surface area (Å²) in [5.41, 5.74) is 4.87. The number of amides is 2. The second kappa shape index (κ2) is 11.1. The summed E-state index contributed by atoms with van der Waals surface area (Å²) in [5, 5.41) is 3.49. The first kappa shape index (κ1) is 25.6. The highest BCUT2D eigenvalue weighted by Gasteiger charge is 2.35. The van der Waals surface area contributed by atoms with E-state index < -0.39 is 6.04 Å². The molecule has 0 aliphatic carbocycles. The molecule has 6 heteroatoms. The van der Waals surface area contributed by atoms with Crippen LogP contribution in [0.15, 0.2) is 77.8 Å². The predicted octanol–water partition coefficient (Wildman–Crippen LogP) is 6.70. The molecule has 0 radical (unpaired) electrons. The van der Waals surface area contributed by atoms with Crippen molar-refractivity contribution in [1.29, 1.82) is 0 Å². The summed E-state index contributed by atoms with van der Waals surface area (Å²) < 4.78 is 0. The Hall–Kier alpha value is -3.44. The summed E-state index contributed by atoms with van der Waals surface area (Å²) in [4.78, 5) is 33.6. The molecule has 36 heavy (non-hydrogen) atoms. The molecule has 5 nitrogen and oxygen atoms in total. The maximum atomic E-state index is 13.9. The molecule has 1 heterocycles. The van der Waals surface area contributed by atoms with E-state index in [-0.39, 0.29) is 24.3 Å². The van der Waals surface area contributed by atoms with E-state index in [1.54, 1.807) is 17.0 Å². The number of fused-ring (bicyclic) bond motifs is 1. The average molecular weight is 502 g/mol. The van der Waals surface area contributed by atoms with Crippen molar-refractivity contribution in [3.63, 3.8) is 0 Å². The molecular weight excluding hydrogens is 470 g/mol. The van der Waals surface area contributed by atoms with Gasteiger partial charge in [-0.3, -0.25) is 14.6 Å². The van der Waals surface area contributed by atoms with Crippen molar-refractivity contribution in [2.24, 2.45) is 10.9 Å². The summed E-state index contributed by atoms with van der Waals surface area (Å²) in [6.45, 7) is 8.20. The maximum absolute atomic E-state index is 13.9. The fourth-order valence-electron chi connectivity index (χ4n) is 4.35. The third kappa shape index (κ3) is 5.52. The number of hydrogen-bond acceptors (Lipinski definition) is 3. The Balaban J connectivity index is 1.72. The summed E-state index contributed by atoms with van der Waals surface area (Å²) in [6, 6.07) is 22.4. The van der Waals surface area contributed by atoms with E-state index in [1.165, 1.54) is 5.56 Å². The van der Waals surface area contributed by atoms with Crippen molar-refractivity contribution in [3.05, 3.63) is 94.5 Å². The lowest BCUT2D eigenvalue weighted by molar-refractivity contribution is -0.123. The van der Waals surface area contributed by atoms with Crippen molar-refractivity contribution in [3.8, 4) is 0 Å². The molecule has 0 saturated carbocycles. The number of carbonyl (C=O) groups is 2. The maximum Gasteiger partial charge on any atom is 0.252 e. The van der Waals surface area contributed by atoms with Crippen molar-refractivity contribution >= 4 is 40.5 Å². The number of benzodiazepines with no additional fused rings is 1. The van der Waals surface area contributed by atoms with Gasteiger partial charge in [-0.2, -0.15) is 0 Å². The van der Waals surface area contributed by atoms with Crippen LogP contribution in [0, 0.1) is 5.92 Å². The number of halogens is 1. The molecule has 2 atom stereocenters. The fraction of sp³-hybridized carbons (Fsp3) is 0.300. The number of rotatable bonds is 7. The first-order valence-corrected chi connectivity index (χ1v) is 12.8. The van der Waals surface area contributed by atoms with Gasteiger partial charge in [0.1, 0.15) is 12.6 Å². The van der Waals surface area contributed by atoms with E-state index in [0.717, 1.165) is 17.5 Å². The highest BCUT2D eigenvalue weighted by molar-refractivity contribution is 6.32. The lowest BCUT2D eigenvalue weighted by Gasteiger charge is -2.26. The van der Waals surface area contributed by atoms with Gasteiger partial charge in [0.05, 0.1) is 11.4 Å². The van der Waals surface area contributed by atoms with Gasteiger partial charge in [0.2, 0.25) is 5.91 Å². The van der Waals surface area contributed by atoms with Crippen LogP contribution in [0.4, 0.5) is 11.4 Å². The Bertz CT molecular complexity index is 1270. The SMILES string of the molecule is CC[C@@H](C)[C@H]1N=C(c2ccccc2)c2cc(Cl)ccc2N(CC(=O)Nc2ccc(C(C)C)cc2)C1=O. The van der Waals surface area contributed by atoms with E-state index in [1.807, 2.05) is 74.5 Å². The number of anilines is 2. The molecule has 1 aliphatic rings. The number of nitrogens with one attached hydrogen (secondary N) is 1. The summed E-state index contributed by atoms with van der Waals surface area (Å²) >= 11 is 6.40. The first-order valence-electron chi connectivity index (χ1n) is 12.4. The Morgan fingerprint density at radius 3 is 2.36 bits per heavy atom. The largest absolute Gasteiger partial charge is 0.325 e. The van der Waals surface area contributed by atoms with E-state index in [2.05, 4.69) is 19.2 Å². The van der Waals surface area contributed by atoms with E-state index in [4.69, 9.17) is 16.6 Å². The average Bonchev–Trinajstić information content (AvgIpc) is 2.99. The standard InChI is InChI=1S/C30H32ClN3O2/c1-5-20(4)28-30(36)34(18-27(35)32-24-14-11-21(12-15-24)19(2)3)26-16-13-23(31)17-25(26)29(33-28)22-9-7-6-8-10-22/h6-17,19-20,28H,5,18H2,1-4H3,(H,32,35)/t20-,28-/m1/s1. The zero-order valence-electron chi connectivity index (χ0n) is 21.2. The lowest BCUT2D eigenvalue weighted by atomic mass is 9.98. The first-order chi connectivity index (χ1) is 17.3. The molecule has 3 aromatic rings. The van der Waals surface area contributed by atoms with Gasteiger partial charge in [0.15, 0.2) is 0 Å². The third-order valence-corrected chi connectivity index (χ3v) is 6.92. The molecule has 0 fully saturated rings. The van der Waals surface area contributed by atoms with E-state index >= 15 is 0 Å². The van der Waals surface area contributed by atoms with E-state index in [0.29, 0.717) is 28.0 Å². The number of hydrogen-bond donors (Lipinski definition) is 1. The topological polar surface area (TPSA) is 61.8 Å². The van der Waals surface area contributed by atoms with Crippen LogP contribution in [0.25, 0.3) is 0 Å². The minimum atomic E-state index is -0.616. The summed E-state index contributed by atoms with van der Waals surface area (Å²) in [7, 11) is 0. The molecular formula is C30H32ClN3O2. The molecule has 0 saturated heterocycles. The minimum absolute atomic E-state index is 0.00450. The number of carbonyl (C=O) groups excluding carboxylic acids is 2. The van der Waals surface area contributed by atoms with Crippen molar-refractivity contribution in [2.45, 2.75) is 46.1 Å². The van der Waals surface area contributed by atoms with Gasteiger partial charge in [0.25, 0.3) is 5.91 Å². The Kier molecular flexibility index (Phi) is 7.90. The molecule has 1 aliphatic heterocycles. The fourth-order valence-corrected chi connectivity index (χ4v) is 4.53. The van der Waals surface area contributed by atoms with Crippen LogP contribution in [0.2, 0.25) is 5.02 Å². The Morgan fingerprint density at radius 2 is 1.72 bits per heavy atom. The zero-order valence-corrected chi connectivity index (χ0v) is 21.9. The molecule has 4 rings (SSSR count). The van der Waals surface area contributed by atoms with Crippen LogP contribution in [0.1, 0.15) is 56.7 Å². The second-order valence-corrected chi connectivity index (χ2v) is 10.0. The van der Waals surface area contributed by atoms with Gasteiger partial charge in [0, 0.05) is 21.8 Å². The molecule has 186 valence electrons. The van der Waals surface area contributed by atoms with Gasteiger partial charge in [-0.15, -0.1) is 0 Å². The quantitative estimate of drug-likeness (QED) is 0.391. The van der Waals surface area contributed by atoms with Crippen LogP contribution >= 0.6 is 11.6 Å². The summed E-state index contributed by atoms with van der Waals surface area (Å²) in [6.07, 6.45) is 0.779. The molecule has 3 aromatic carbocycles. The summed E-state index contributed by atoms with van der Waals surface area (Å²) in [5.74, 6) is -0.0593. The van der Waals surface area contributed by atoms with Gasteiger partial charge in [-0.1, -0.05) is 88.2 Å². The van der Waals surface area contributed by atoms with Crippen LogP contribution in [0.3, 0.4) is 0 Å². The normalized spacial score (nSPS) is 16.3. The van der Waals surface area contributed by atoms with Crippen LogP contribution in [-0.2, 0) is 9.59 Å². The minimum Gasteiger partial charge on any atom is -0.325 e. The van der Waals surface area contributed by atoms with Gasteiger partial charge in [-0.25, -0.2) is 0 Å². The van der Waals surface area contributed by atoms with Crippen LogP contribution < -0.4 is 10.2 Å². The number of benzene rings is 3. The molecule has 0 spiro atoms. The molecule has 0 bridgehead atoms. The van der Waals surface area contributed by atoms with Gasteiger partial charge in [-0.05, 0) is 47.7 Å². The van der Waals surface area contributed by atoms with Crippen molar-refractivity contribution in [2.75, 3.05) is 16.8 Å². The third-order valence-electron chi connectivity index (χ3n) is 6.68. The number of nitrogens with zero attached hydrogens (tertiary/aromatic N) is 2. The second-order valence-electron chi connectivity index (χ2n) is 9.58. The highest BCUT2D eigenvalue weighted by atomic mass is 35.5.